The summed E-state index contributed by atoms with van der Waals surface area (Å²) in [6, 6.07) is 0. The molecule has 2 rings (SSSR count). The zero-order valence-electron chi connectivity index (χ0n) is 7.69. The average Bonchev–Trinajstić information content (AvgIpc) is 2.88. The third-order valence-corrected chi connectivity index (χ3v) is 2.02. The highest BCUT2D eigenvalue weighted by Gasteiger charge is 2.28. The summed E-state index contributed by atoms with van der Waals surface area (Å²) in [5.41, 5.74) is 0. The van der Waals surface area contributed by atoms with Gasteiger partial charge in [-0.15, -0.1) is 22.0 Å². The molecule has 0 unspecified atom stereocenters. The van der Waals surface area contributed by atoms with Gasteiger partial charge in [-0.25, -0.2) is 0 Å². The second-order valence-corrected chi connectivity index (χ2v) is 3.19. The molecule has 1 saturated carbocycles. The minimum absolute atomic E-state index is 0.589. The Morgan fingerprint density at radius 3 is 3.08 bits per heavy atom. The van der Waals surface area contributed by atoms with Gasteiger partial charge in [0, 0.05) is 12.3 Å². The molecule has 0 N–H and O–H groups in total. The third-order valence-electron chi connectivity index (χ3n) is 2.02. The maximum Gasteiger partial charge on any atom is 0.177 e. The first-order valence-electron chi connectivity index (χ1n) is 4.57. The number of aryl methyl sites for hydroxylation is 1. The highest BCUT2D eigenvalue weighted by Crippen LogP contribution is 2.37. The van der Waals surface area contributed by atoms with Crippen molar-refractivity contribution < 1.29 is 0 Å². The monoisotopic (exact) mass is 176 g/mol. The lowest BCUT2D eigenvalue weighted by molar-refractivity contribution is 0.530. The van der Waals surface area contributed by atoms with E-state index < -0.39 is 0 Å². The second-order valence-electron chi connectivity index (χ2n) is 3.19. The zero-order chi connectivity index (χ0) is 9.10. The first-order valence-corrected chi connectivity index (χ1v) is 4.57. The minimum Gasteiger partial charge on any atom is -0.163 e. The fourth-order valence-electron chi connectivity index (χ4n) is 1.14. The Kier molecular flexibility index (Phi) is 2.26. The number of hydrogen-bond acceptors (Lipinski definition) is 3. The van der Waals surface area contributed by atoms with E-state index in [0.717, 1.165) is 18.8 Å². The van der Waals surface area contributed by atoms with E-state index in [1.807, 2.05) is 6.92 Å². The van der Waals surface area contributed by atoms with Crippen molar-refractivity contribution in [3.8, 4) is 11.8 Å². The summed E-state index contributed by atoms with van der Waals surface area (Å²) in [6.45, 7) is 2.59. The molecule has 68 valence electrons. The molecular weight excluding hydrogens is 164 g/mol. The standard InChI is InChI=1S/C9H12N4/c1-2-3-4-7-13-11-9(10-12-13)8-5-6-8/h8H,4-7H2,1H3. The van der Waals surface area contributed by atoms with Crippen LogP contribution >= 0.6 is 0 Å². The molecule has 0 radical (unpaired) electrons. The van der Waals surface area contributed by atoms with E-state index in [1.54, 1.807) is 4.80 Å². The maximum atomic E-state index is 4.27. The predicted octanol–water partition coefficient (Wildman–Crippen LogP) is 0.964. The molecule has 1 heterocycles. The van der Waals surface area contributed by atoms with Crippen LogP contribution in [0.15, 0.2) is 0 Å². The Hall–Kier alpha value is -1.37. The van der Waals surface area contributed by atoms with E-state index in [0.29, 0.717) is 5.92 Å². The molecule has 13 heavy (non-hydrogen) atoms. The highest BCUT2D eigenvalue weighted by molar-refractivity contribution is 5.00. The Morgan fingerprint density at radius 2 is 2.38 bits per heavy atom. The summed E-state index contributed by atoms with van der Waals surface area (Å²) in [6.07, 6.45) is 3.25. The third kappa shape index (κ3) is 2.05. The lowest BCUT2D eigenvalue weighted by Crippen LogP contribution is -2.01. The van der Waals surface area contributed by atoms with Crippen molar-refractivity contribution in [2.75, 3.05) is 0 Å². The van der Waals surface area contributed by atoms with Crippen LogP contribution in [0.5, 0.6) is 0 Å². The van der Waals surface area contributed by atoms with Crippen LogP contribution in [0.2, 0.25) is 0 Å². The van der Waals surface area contributed by atoms with Crippen LogP contribution in [0, 0.1) is 11.8 Å². The van der Waals surface area contributed by atoms with Crippen LogP contribution in [0.25, 0.3) is 0 Å². The molecular formula is C9H12N4. The van der Waals surface area contributed by atoms with Crippen LogP contribution in [0.3, 0.4) is 0 Å². The summed E-state index contributed by atoms with van der Waals surface area (Å²) in [4.78, 5) is 1.64. The van der Waals surface area contributed by atoms with Gasteiger partial charge in [-0.3, -0.25) is 0 Å². The maximum absolute atomic E-state index is 4.27. The fraction of sp³-hybridized carbons (Fsp3) is 0.667. The molecule has 0 aliphatic heterocycles. The Labute approximate surface area is 77.3 Å². The van der Waals surface area contributed by atoms with E-state index in [1.165, 1.54) is 12.8 Å². The SMILES string of the molecule is CC#CCCn1nnc(C2CC2)n1. The Bertz CT molecular complexity index is 340. The molecule has 4 nitrogen and oxygen atoms in total. The predicted molar refractivity (Wildman–Crippen MR) is 47.9 cm³/mol. The van der Waals surface area contributed by atoms with Crippen molar-refractivity contribution in [1.29, 1.82) is 0 Å². The molecule has 0 aromatic carbocycles. The van der Waals surface area contributed by atoms with Crippen molar-refractivity contribution in [3.05, 3.63) is 5.82 Å². The van der Waals surface area contributed by atoms with Gasteiger partial charge in [0.05, 0.1) is 6.54 Å². The Morgan fingerprint density at radius 1 is 1.54 bits per heavy atom. The van der Waals surface area contributed by atoms with E-state index in [-0.39, 0.29) is 0 Å². The van der Waals surface area contributed by atoms with E-state index >= 15 is 0 Å². The van der Waals surface area contributed by atoms with Crippen molar-refractivity contribution in [3.63, 3.8) is 0 Å². The molecule has 0 amide bonds. The fourth-order valence-corrected chi connectivity index (χ4v) is 1.14. The first kappa shape index (κ1) is 8.24. The van der Waals surface area contributed by atoms with Gasteiger partial charge in [-0.1, -0.05) is 0 Å². The lowest BCUT2D eigenvalue weighted by Gasteiger charge is -1.90. The molecule has 0 atom stereocenters. The topological polar surface area (TPSA) is 43.6 Å². The highest BCUT2D eigenvalue weighted by atomic mass is 15.6. The summed E-state index contributed by atoms with van der Waals surface area (Å²) in [5.74, 6) is 7.31. The molecule has 1 aliphatic rings. The number of hydrogen-bond donors (Lipinski definition) is 0. The van der Waals surface area contributed by atoms with Crippen LogP contribution < -0.4 is 0 Å². The zero-order valence-corrected chi connectivity index (χ0v) is 7.69. The molecule has 4 heteroatoms. The van der Waals surface area contributed by atoms with Gasteiger partial charge in [-0.2, -0.15) is 4.80 Å². The Balaban J connectivity index is 1.91. The normalized spacial score (nSPS) is 15.2. The summed E-state index contributed by atoms with van der Waals surface area (Å²) in [5, 5.41) is 12.2. The van der Waals surface area contributed by atoms with Gasteiger partial charge in [0.1, 0.15) is 0 Å². The molecule has 1 aromatic heterocycles. The second kappa shape index (κ2) is 3.56. The number of nitrogens with zero attached hydrogens (tertiary/aromatic N) is 4. The number of rotatable bonds is 3. The van der Waals surface area contributed by atoms with Crippen LogP contribution in [-0.4, -0.2) is 20.2 Å². The molecule has 0 spiro atoms. The lowest BCUT2D eigenvalue weighted by atomic mass is 10.4. The van der Waals surface area contributed by atoms with E-state index in [2.05, 4.69) is 27.3 Å². The summed E-state index contributed by atoms with van der Waals surface area (Å²) < 4.78 is 0. The van der Waals surface area contributed by atoms with Crippen LogP contribution in [-0.2, 0) is 6.54 Å². The van der Waals surface area contributed by atoms with Gasteiger partial charge < -0.3 is 0 Å². The summed E-state index contributed by atoms with van der Waals surface area (Å²) in [7, 11) is 0. The van der Waals surface area contributed by atoms with Gasteiger partial charge in [0.2, 0.25) is 0 Å². The molecule has 0 saturated heterocycles. The molecule has 1 aliphatic carbocycles. The minimum atomic E-state index is 0.589. The molecule has 1 aromatic rings. The number of aromatic nitrogens is 4. The van der Waals surface area contributed by atoms with Gasteiger partial charge in [-0.05, 0) is 25.0 Å². The van der Waals surface area contributed by atoms with Crippen molar-refractivity contribution in [2.45, 2.75) is 38.6 Å². The van der Waals surface area contributed by atoms with Crippen molar-refractivity contribution in [2.24, 2.45) is 0 Å². The van der Waals surface area contributed by atoms with Crippen molar-refractivity contribution in [1.82, 2.24) is 20.2 Å². The van der Waals surface area contributed by atoms with E-state index in [9.17, 15) is 0 Å². The smallest absolute Gasteiger partial charge is 0.163 e. The van der Waals surface area contributed by atoms with Crippen molar-refractivity contribution >= 4 is 0 Å². The molecule has 1 fully saturated rings. The van der Waals surface area contributed by atoms with E-state index in [4.69, 9.17) is 0 Å². The quantitative estimate of drug-likeness (QED) is 0.644. The van der Waals surface area contributed by atoms with Gasteiger partial charge >= 0.3 is 0 Å². The largest absolute Gasteiger partial charge is 0.177 e. The van der Waals surface area contributed by atoms with Crippen LogP contribution in [0.1, 0.15) is 37.9 Å². The van der Waals surface area contributed by atoms with Crippen LogP contribution in [0.4, 0.5) is 0 Å². The van der Waals surface area contributed by atoms with Gasteiger partial charge in [0.15, 0.2) is 5.82 Å². The number of tetrazole rings is 1. The van der Waals surface area contributed by atoms with Gasteiger partial charge in [0.25, 0.3) is 0 Å². The first-order chi connectivity index (χ1) is 6.40. The average molecular weight is 176 g/mol. The summed E-state index contributed by atoms with van der Waals surface area (Å²) >= 11 is 0. The molecule has 0 bridgehead atoms.